The first kappa shape index (κ1) is 18.7. The molecule has 7 heteroatoms. The van der Waals surface area contributed by atoms with Crippen molar-refractivity contribution in [3.63, 3.8) is 0 Å². The molecular formula is C20H21FN2O4. The average molecular weight is 372 g/mol. The van der Waals surface area contributed by atoms with Crippen LogP contribution < -0.4 is 19.7 Å². The van der Waals surface area contributed by atoms with Gasteiger partial charge in [0.1, 0.15) is 17.3 Å². The van der Waals surface area contributed by atoms with Crippen LogP contribution in [-0.2, 0) is 4.79 Å². The molecule has 6 nitrogen and oxygen atoms in total. The molecular weight excluding hydrogens is 351 g/mol. The largest absolute Gasteiger partial charge is 0.497 e. The summed E-state index contributed by atoms with van der Waals surface area (Å²) in [4.78, 5) is 26.3. The first-order valence-electron chi connectivity index (χ1n) is 8.57. The van der Waals surface area contributed by atoms with Crippen molar-refractivity contribution < 1.29 is 23.5 Å². The summed E-state index contributed by atoms with van der Waals surface area (Å²) in [6.07, 6.45) is 0.332. The quantitative estimate of drug-likeness (QED) is 0.847. The number of amides is 2. The van der Waals surface area contributed by atoms with E-state index in [1.807, 2.05) is 0 Å². The van der Waals surface area contributed by atoms with Crippen LogP contribution in [0.1, 0.15) is 16.8 Å². The van der Waals surface area contributed by atoms with Crippen molar-refractivity contribution in [1.29, 1.82) is 0 Å². The fourth-order valence-corrected chi connectivity index (χ4v) is 3.07. The van der Waals surface area contributed by atoms with Gasteiger partial charge in [0.05, 0.1) is 14.2 Å². The number of ether oxygens (including phenoxy) is 2. The third-order valence-electron chi connectivity index (χ3n) is 4.51. The predicted octanol–water partition coefficient (Wildman–Crippen LogP) is 2.63. The second-order valence-electron chi connectivity index (χ2n) is 6.36. The van der Waals surface area contributed by atoms with Gasteiger partial charge in [-0.05, 0) is 36.4 Å². The summed E-state index contributed by atoms with van der Waals surface area (Å²) in [7, 11) is 3.04. The molecule has 0 saturated carbocycles. The molecule has 3 rings (SSSR count). The lowest BCUT2D eigenvalue weighted by Crippen LogP contribution is -2.31. The first-order chi connectivity index (χ1) is 13.0. The molecule has 0 radical (unpaired) electrons. The molecule has 1 aliphatic rings. The molecule has 0 aromatic heterocycles. The van der Waals surface area contributed by atoms with Gasteiger partial charge in [-0.3, -0.25) is 9.59 Å². The Morgan fingerprint density at radius 2 is 1.78 bits per heavy atom. The number of nitrogens with zero attached hydrogens (tertiary/aromatic N) is 1. The predicted molar refractivity (Wildman–Crippen MR) is 98.7 cm³/mol. The Morgan fingerprint density at radius 3 is 2.37 bits per heavy atom. The molecule has 0 aliphatic carbocycles. The maximum atomic E-state index is 13.1. The van der Waals surface area contributed by atoms with E-state index in [0.29, 0.717) is 42.3 Å². The lowest BCUT2D eigenvalue weighted by atomic mass is 10.1. The van der Waals surface area contributed by atoms with Gasteiger partial charge in [-0.1, -0.05) is 0 Å². The Balaban J connectivity index is 1.61. The van der Waals surface area contributed by atoms with E-state index < -0.39 is 0 Å². The summed E-state index contributed by atoms with van der Waals surface area (Å²) in [5.41, 5.74) is 1.08. The van der Waals surface area contributed by atoms with E-state index in [9.17, 15) is 14.0 Å². The van der Waals surface area contributed by atoms with Crippen LogP contribution in [-0.4, -0.2) is 39.1 Å². The Labute approximate surface area is 156 Å². The normalized spacial score (nSPS) is 16.3. The van der Waals surface area contributed by atoms with Crippen LogP contribution in [0.4, 0.5) is 10.1 Å². The molecule has 27 heavy (non-hydrogen) atoms. The zero-order valence-electron chi connectivity index (χ0n) is 15.2. The molecule has 0 bridgehead atoms. The molecule has 142 valence electrons. The average Bonchev–Trinajstić information content (AvgIpc) is 3.06. The molecule has 1 N–H and O–H groups in total. The number of carbonyl (C=O) groups is 2. The van der Waals surface area contributed by atoms with Crippen molar-refractivity contribution in [2.24, 2.45) is 5.92 Å². The summed E-state index contributed by atoms with van der Waals surface area (Å²) >= 11 is 0. The Bertz CT molecular complexity index is 816. The second-order valence-corrected chi connectivity index (χ2v) is 6.36. The van der Waals surface area contributed by atoms with Crippen LogP contribution in [0.5, 0.6) is 11.5 Å². The van der Waals surface area contributed by atoms with Gasteiger partial charge in [0, 0.05) is 42.7 Å². The molecule has 0 spiro atoms. The number of hydrogen-bond donors (Lipinski definition) is 1. The minimum Gasteiger partial charge on any atom is -0.497 e. The third-order valence-corrected chi connectivity index (χ3v) is 4.51. The number of nitrogens with one attached hydrogen (secondary N) is 1. The summed E-state index contributed by atoms with van der Waals surface area (Å²) in [6.45, 7) is 0.841. The van der Waals surface area contributed by atoms with Crippen LogP contribution in [0.2, 0.25) is 0 Å². The van der Waals surface area contributed by atoms with Crippen molar-refractivity contribution in [2.75, 3.05) is 32.2 Å². The lowest BCUT2D eigenvalue weighted by Gasteiger charge is -2.17. The van der Waals surface area contributed by atoms with Crippen LogP contribution in [0.15, 0.2) is 42.5 Å². The summed E-state index contributed by atoms with van der Waals surface area (Å²) in [5.74, 6) is 0.391. The number of benzene rings is 2. The summed E-state index contributed by atoms with van der Waals surface area (Å²) in [5, 5.41) is 2.86. The van der Waals surface area contributed by atoms with Crippen molar-refractivity contribution >= 4 is 17.5 Å². The van der Waals surface area contributed by atoms with E-state index in [0.717, 1.165) is 0 Å². The van der Waals surface area contributed by atoms with Gasteiger partial charge < -0.3 is 19.7 Å². The fraction of sp³-hybridized carbons (Fsp3) is 0.300. The second kappa shape index (κ2) is 8.07. The minimum absolute atomic E-state index is 0.0148. The summed E-state index contributed by atoms with van der Waals surface area (Å²) < 4.78 is 23.4. The maximum absolute atomic E-state index is 13.1. The van der Waals surface area contributed by atoms with E-state index >= 15 is 0 Å². The van der Waals surface area contributed by atoms with Crippen LogP contribution >= 0.6 is 0 Å². The Kier molecular flexibility index (Phi) is 5.59. The van der Waals surface area contributed by atoms with E-state index in [4.69, 9.17) is 9.47 Å². The van der Waals surface area contributed by atoms with Crippen molar-refractivity contribution in [1.82, 2.24) is 5.32 Å². The summed E-state index contributed by atoms with van der Waals surface area (Å²) in [6, 6.07) is 10.8. The van der Waals surface area contributed by atoms with E-state index in [-0.39, 0.29) is 23.5 Å². The van der Waals surface area contributed by atoms with Crippen LogP contribution in [0, 0.1) is 11.7 Å². The Morgan fingerprint density at radius 1 is 1.15 bits per heavy atom. The van der Waals surface area contributed by atoms with Gasteiger partial charge in [-0.2, -0.15) is 0 Å². The van der Waals surface area contributed by atoms with Crippen molar-refractivity contribution in [3.8, 4) is 11.5 Å². The highest BCUT2D eigenvalue weighted by Crippen LogP contribution is 2.25. The molecule has 1 aliphatic heterocycles. The number of rotatable bonds is 6. The smallest absolute Gasteiger partial charge is 0.251 e. The van der Waals surface area contributed by atoms with Crippen molar-refractivity contribution in [2.45, 2.75) is 6.42 Å². The molecule has 1 fully saturated rings. The van der Waals surface area contributed by atoms with Crippen LogP contribution in [0.25, 0.3) is 0 Å². The van der Waals surface area contributed by atoms with E-state index in [1.54, 1.807) is 35.2 Å². The molecule has 2 amide bonds. The SMILES string of the molecule is COc1cc(OC)cc(C(=O)NC[C@@H]2CC(=O)N(c3ccc(F)cc3)C2)c1. The van der Waals surface area contributed by atoms with Gasteiger partial charge in [0.25, 0.3) is 5.91 Å². The zero-order chi connectivity index (χ0) is 19.4. The number of anilines is 1. The zero-order valence-corrected chi connectivity index (χ0v) is 15.2. The molecule has 1 atom stereocenters. The van der Waals surface area contributed by atoms with E-state index in [2.05, 4.69) is 5.32 Å². The molecule has 2 aromatic rings. The number of hydrogen-bond acceptors (Lipinski definition) is 4. The van der Waals surface area contributed by atoms with Gasteiger partial charge in [-0.15, -0.1) is 0 Å². The van der Waals surface area contributed by atoms with Crippen molar-refractivity contribution in [3.05, 3.63) is 53.8 Å². The van der Waals surface area contributed by atoms with Gasteiger partial charge in [-0.25, -0.2) is 4.39 Å². The number of carbonyl (C=O) groups excluding carboxylic acids is 2. The first-order valence-corrected chi connectivity index (χ1v) is 8.57. The highest BCUT2D eigenvalue weighted by molar-refractivity contribution is 5.96. The maximum Gasteiger partial charge on any atom is 0.251 e. The molecule has 0 unspecified atom stereocenters. The Hall–Kier alpha value is -3.09. The molecule has 2 aromatic carbocycles. The standard InChI is InChI=1S/C20H21FN2O4/c1-26-17-8-14(9-18(10-17)27-2)20(25)22-11-13-7-19(24)23(12-13)16-5-3-15(21)4-6-16/h3-6,8-10,13H,7,11-12H2,1-2H3,(H,22,25)/t13-/m0/s1. The lowest BCUT2D eigenvalue weighted by molar-refractivity contribution is -0.117. The number of halogens is 1. The monoisotopic (exact) mass is 372 g/mol. The highest BCUT2D eigenvalue weighted by atomic mass is 19.1. The van der Waals surface area contributed by atoms with Gasteiger partial charge in [0.15, 0.2) is 0 Å². The van der Waals surface area contributed by atoms with E-state index in [1.165, 1.54) is 26.4 Å². The molecule has 1 heterocycles. The fourth-order valence-electron chi connectivity index (χ4n) is 3.07. The third kappa shape index (κ3) is 4.36. The number of methoxy groups -OCH3 is 2. The minimum atomic E-state index is -0.345. The topological polar surface area (TPSA) is 67.9 Å². The van der Waals surface area contributed by atoms with Gasteiger partial charge in [0.2, 0.25) is 5.91 Å². The van der Waals surface area contributed by atoms with Crippen LogP contribution in [0.3, 0.4) is 0 Å². The van der Waals surface area contributed by atoms with Gasteiger partial charge >= 0.3 is 0 Å². The highest BCUT2D eigenvalue weighted by Gasteiger charge is 2.30. The molecule has 1 saturated heterocycles.